The van der Waals surface area contributed by atoms with Gasteiger partial charge in [0.2, 0.25) is 0 Å². The lowest BCUT2D eigenvalue weighted by Crippen LogP contribution is -2.46. The molecule has 1 aliphatic rings. The first-order valence-electron chi connectivity index (χ1n) is 8.60. The molecule has 0 aliphatic carbocycles. The van der Waals surface area contributed by atoms with Crippen LogP contribution in [0.15, 0.2) is 29.3 Å². The second-order valence-electron chi connectivity index (χ2n) is 6.60. The molecule has 5 nitrogen and oxygen atoms in total. The Morgan fingerprint density at radius 2 is 1.67 bits per heavy atom. The predicted octanol–water partition coefficient (Wildman–Crippen LogP) is 2.33. The number of rotatable bonds is 5. The summed E-state index contributed by atoms with van der Waals surface area (Å²) in [7, 11) is 8.14. The summed E-state index contributed by atoms with van der Waals surface area (Å²) >= 11 is 6.30. The maximum Gasteiger partial charge on any atom is 0.195 e. The Morgan fingerprint density at radius 3 is 2.25 bits per heavy atom. The molecule has 1 aliphatic heterocycles. The summed E-state index contributed by atoms with van der Waals surface area (Å²) in [6.07, 6.45) is 1.09. The van der Waals surface area contributed by atoms with Gasteiger partial charge in [-0.05, 0) is 18.6 Å². The number of benzene rings is 1. The van der Waals surface area contributed by atoms with Gasteiger partial charge in [0.25, 0.3) is 0 Å². The quantitative estimate of drug-likeness (QED) is 0.462. The minimum atomic E-state index is 0.847. The van der Waals surface area contributed by atoms with Crippen molar-refractivity contribution < 1.29 is 0 Å². The van der Waals surface area contributed by atoms with Crippen LogP contribution in [0.5, 0.6) is 0 Å². The fourth-order valence-electron chi connectivity index (χ4n) is 3.08. The Morgan fingerprint density at radius 1 is 1.04 bits per heavy atom. The molecule has 0 N–H and O–H groups in total. The average Bonchev–Trinajstić information content (AvgIpc) is 2.55. The van der Waals surface area contributed by atoms with Crippen LogP contribution < -0.4 is 4.90 Å². The fourth-order valence-corrected chi connectivity index (χ4v) is 3.33. The van der Waals surface area contributed by atoms with Crippen molar-refractivity contribution in [2.24, 2.45) is 4.99 Å². The molecule has 0 atom stereocenters. The molecule has 1 saturated heterocycles. The number of piperazine rings is 1. The largest absolute Gasteiger partial charge is 0.368 e. The highest BCUT2D eigenvalue weighted by Crippen LogP contribution is 2.25. The molecule has 24 heavy (non-hydrogen) atoms. The van der Waals surface area contributed by atoms with E-state index in [2.05, 4.69) is 31.7 Å². The SMILES string of the molecule is CN(C)C(=NCCCN1CCN(c2ccccc2Cl)CC1)N(C)C. The van der Waals surface area contributed by atoms with Crippen molar-refractivity contribution in [1.29, 1.82) is 0 Å². The van der Waals surface area contributed by atoms with Gasteiger partial charge in [-0.3, -0.25) is 9.89 Å². The van der Waals surface area contributed by atoms with Crippen LogP contribution in [0.1, 0.15) is 6.42 Å². The molecule has 1 aromatic rings. The molecule has 0 saturated carbocycles. The van der Waals surface area contributed by atoms with E-state index in [-0.39, 0.29) is 0 Å². The van der Waals surface area contributed by atoms with Crippen molar-refractivity contribution >= 4 is 23.2 Å². The van der Waals surface area contributed by atoms with Crippen LogP contribution in [0.3, 0.4) is 0 Å². The summed E-state index contributed by atoms with van der Waals surface area (Å²) in [5.74, 6) is 1.03. The third-order valence-electron chi connectivity index (χ3n) is 4.25. The van der Waals surface area contributed by atoms with Gasteiger partial charge >= 0.3 is 0 Å². The fraction of sp³-hybridized carbons (Fsp3) is 0.611. The van der Waals surface area contributed by atoms with E-state index >= 15 is 0 Å². The molecule has 134 valence electrons. The van der Waals surface area contributed by atoms with Gasteiger partial charge in [0.15, 0.2) is 5.96 Å². The van der Waals surface area contributed by atoms with Crippen molar-refractivity contribution in [1.82, 2.24) is 14.7 Å². The third-order valence-corrected chi connectivity index (χ3v) is 4.57. The van der Waals surface area contributed by atoms with Crippen LogP contribution in [-0.4, -0.2) is 88.1 Å². The number of anilines is 1. The maximum absolute atomic E-state index is 6.30. The summed E-state index contributed by atoms with van der Waals surface area (Å²) in [5.41, 5.74) is 1.16. The highest BCUT2D eigenvalue weighted by molar-refractivity contribution is 6.33. The van der Waals surface area contributed by atoms with Gasteiger partial charge in [0.1, 0.15) is 0 Å². The summed E-state index contributed by atoms with van der Waals surface area (Å²) in [6, 6.07) is 8.11. The number of nitrogens with zero attached hydrogens (tertiary/aromatic N) is 5. The number of aliphatic imine (C=N–C) groups is 1. The Kier molecular flexibility index (Phi) is 7.18. The Labute approximate surface area is 151 Å². The zero-order valence-corrected chi connectivity index (χ0v) is 16.1. The number of halogens is 1. The van der Waals surface area contributed by atoms with Crippen LogP contribution >= 0.6 is 11.6 Å². The lowest BCUT2D eigenvalue weighted by molar-refractivity contribution is 0.256. The first kappa shape index (κ1) is 18.9. The summed E-state index contributed by atoms with van der Waals surface area (Å²) in [5, 5.41) is 0.847. The molecule has 2 rings (SSSR count). The van der Waals surface area contributed by atoms with Gasteiger partial charge in [0.05, 0.1) is 10.7 Å². The Hall–Kier alpha value is -1.46. The number of hydrogen-bond donors (Lipinski definition) is 0. The van der Waals surface area contributed by atoms with E-state index in [4.69, 9.17) is 16.6 Å². The molecular formula is C18H30ClN5. The molecule has 0 amide bonds. The van der Waals surface area contributed by atoms with Crippen LogP contribution in [0.25, 0.3) is 0 Å². The minimum Gasteiger partial charge on any atom is -0.368 e. The van der Waals surface area contributed by atoms with E-state index in [0.717, 1.165) is 62.4 Å². The highest BCUT2D eigenvalue weighted by Gasteiger charge is 2.18. The Bertz CT molecular complexity index is 526. The molecule has 0 bridgehead atoms. The first-order valence-corrected chi connectivity index (χ1v) is 8.97. The summed E-state index contributed by atoms with van der Waals surface area (Å²) in [4.78, 5) is 13.7. The van der Waals surface area contributed by atoms with Crippen molar-refractivity contribution in [2.45, 2.75) is 6.42 Å². The van der Waals surface area contributed by atoms with Crippen molar-refractivity contribution in [2.75, 3.05) is 72.4 Å². The van der Waals surface area contributed by atoms with E-state index in [1.807, 2.05) is 40.3 Å². The van der Waals surface area contributed by atoms with Gasteiger partial charge in [-0.25, -0.2) is 0 Å². The van der Waals surface area contributed by atoms with E-state index in [1.54, 1.807) is 0 Å². The van der Waals surface area contributed by atoms with E-state index in [0.29, 0.717) is 0 Å². The molecule has 1 fully saturated rings. The van der Waals surface area contributed by atoms with Crippen molar-refractivity contribution in [3.05, 3.63) is 29.3 Å². The molecule has 0 aromatic heterocycles. The van der Waals surface area contributed by atoms with E-state index < -0.39 is 0 Å². The predicted molar refractivity (Wildman–Crippen MR) is 104 cm³/mol. The number of hydrogen-bond acceptors (Lipinski definition) is 3. The van der Waals surface area contributed by atoms with Crippen molar-refractivity contribution in [3.8, 4) is 0 Å². The van der Waals surface area contributed by atoms with Crippen molar-refractivity contribution in [3.63, 3.8) is 0 Å². The zero-order chi connectivity index (χ0) is 17.5. The smallest absolute Gasteiger partial charge is 0.195 e. The van der Waals surface area contributed by atoms with Gasteiger partial charge in [-0.2, -0.15) is 0 Å². The van der Waals surface area contributed by atoms with E-state index in [1.165, 1.54) is 0 Å². The lowest BCUT2D eigenvalue weighted by Gasteiger charge is -2.36. The standard InChI is InChI=1S/C18H30ClN5/c1-21(2)18(22(3)4)20-10-7-11-23-12-14-24(15-13-23)17-9-6-5-8-16(17)19/h5-6,8-9H,7,10-15H2,1-4H3. The van der Waals surface area contributed by atoms with Crippen LogP contribution in [0.4, 0.5) is 5.69 Å². The molecular weight excluding hydrogens is 322 g/mol. The monoisotopic (exact) mass is 351 g/mol. The Balaban J connectivity index is 1.74. The topological polar surface area (TPSA) is 25.3 Å². The molecule has 0 unspecified atom stereocenters. The van der Waals surface area contributed by atoms with Gasteiger partial charge in [-0.1, -0.05) is 23.7 Å². The van der Waals surface area contributed by atoms with Gasteiger partial charge < -0.3 is 14.7 Å². The highest BCUT2D eigenvalue weighted by atomic mass is 35.5. The van der Waals surface area contributed by atoms with Crippen LogP contribution in [-0.2, 0) is 0 Å². The summed E-state index contributed by atoms with van der Waals surface area (Å²) < 4.78 is 0. The number of para-hydroxylation sites is 1. The normalized spacial score (nSPS) is 15.3. The second-order valence-corrected chi connectivity index (χ2v) is 7.01. The second kappa shape index (κ2) is 9.14. The number of guanidine groups is 1. The maximum atomic E-state index is 6.30. The average molecular weight is 352 g/mol. The molecule has 6 heteroatoms. The van der Waals surface area contributed by atoms with Crippen LogP contribution in [0.2, 0.25) is 5.02 Å². The molecule has 0 radical (unpaired) electrons. The molecule has 0 spiro atoms. The third kappa shape index (κ3) is 5.28. The van der Waals surface area contributed by atoms with Crippen LogP contribution in [0, 0.1) is 0 Å². The minimum absolute atomic E-state index is 0.847. The zero-order valence-electron chi connectivity index (χ0n) is 15.4. The van der Waals surface area contributed by atoms with Gasteiger partial charge in [-0.15, -0.1) is 0 Å². The summed E-state index contributed by atoms with van der Waals surface area (Å²) in [6.45, 7) is 6.22. The lowest BCUT2D eigenvalue weighted by atomic mass is 10.2. The van der Waals surface area contributed by atoms with E-state index in [9.17, 15) is 0 Å². The molecule has 1 aromatic carbocycles. The van der Waals surface area contributed by atoms with Gasteiger partial charge in [0, 0.05) is 67.5 Å². The molecule has 1 heterocycles. The first-order chi connectivity index (χ1) is 11.5.